The first-order chi connectivity index (χ1) is 23.3. The van der Waals surface area contributed by atoms with Crippen LogP contribution in [0.5, 0.6) is 0 Å². The van der Waals surface area contributed by atoms with E-state index >= 15 is 0 Å². The van der Waals surface area contributed by atoms with Gasteiger partial charge in [-0.05, 0) is 67.4 Å². The van der Waals surface area contributed by atoms with Gasteiger partial charge in [-0.3, -0.25) is 0 Å². The van der Waals surface area contributed by atoms with Gasteiger partial charge in [-0.2, -0.15) is 0 Å². The smallest absolute Gasteiger partial charge is 0.228 e. The summed E-state index contributed by atoms with van der Waals surface area (Å²) in [6.07, 6.45) is 1.76. The Morgan fingerprint density at radius 3 is 1.91 bits per heavy atom. The molecule has 218 valence electrons. The van der Waals surface area contributed by atoms with E-state index in [-0.39, 0.29) is 0 Å². The molecule has 0 aliphatic heterocycles. The number of benzene rings is 7. The van der Waals surface area contributed by atoms with Crippen LogP contribution in [-0.4, -0.2) is 19.9 Å². The molecular weight excluding hydrogens is 576 g/mol. The Hall–Kier alpha value is -6.46. The Morgan fingerprint density at radius 1 is 0.404 bits per heavy atom. The highest BCUT2D eigenvalue weighted by atomic mass is 16.3. The monoisotopic (exact) mass is 600 g/mol. The minimum atomic E-state index is 0.556. The molecule has 0 radical (unpaired) electrons. The fraction of sp³-hybridized carbons (Fsp3) is 0. The van der Waals surface area contributed by atoms with Crippen molar-refractivity contribution < 1.29 is 4.42 Å². The van der Waals surface area contributed by atoms with E-state index in [0.29, 0.717) is 23.2 Å². The average molecular weight is 601 g/mol. The van der Waals surface area contributed by atoms with Gasteiger partial charge in [0.2, 0.25) is 5.71 Å². The van der Waals surface area contributed by atoms with E-state index in [1.165, 1.54) is 21.5 Å². The van der Waals surface area contributed by atoms with Crippen molar-refractivity contribution >= 4 is 65.2 Å². The van der Waals surface area contributed by atoms with Gasteiger partial charge in [0, 0.05) is 28.3 Å². The molecule has 5 heteroatoms. The molecular formula is C42H24N4O. The summed E-state index contributed by atoms with van der Waals surface area (Å²) in [6, 6.07) is 48.4. The van der Waals surface area contributed by atoms with Gasteiger partial charge >= 0.3 is 0 Å². The maximum Gasteiger partial charge on any atom is 0.228 e. The highest BCUT2D eigenvalue weighted by Crippen LogP contribution is 2.39. The molecule has 0 aliphatic carbocycles. The summed E-state index contributed by atoms with van der Waals surface area (Å²) in [6.45, 7) is 0. The van der Waals surface area contributed by atoms with Crippen LogP contribution in [0.2, 0.25) is 0 Å². The molecule has 0 bridgehead atoms. The summed E-state index contributed by atoms with van der Waals surface area (Å²) in [7, 11) is 0. The zero-order valence-electron chi connectivity index (χ0n) is 25.1. The van der Waals surface area contributed by atoms with Crippen molar-refractivity contribution in [3.63, 3.8) is 0 Å². The van der Waals surface area contributed by atoms with Crippen LogP contribution in [0.25, 0.3) is 99.3 Å². The van der Waals surface area contributed by atoms with Crippen molar-refractivity contribution in [3.05, 3.63) is 146 Å². The van der Waals surface area contributed by atoms with Crippen molar-refractivity contribution in [1.82, 2.24) is 19.9 Å². The lowest BCUT2D eigenvalue weighted by atomic mass is 9.93. The lowest BCUT2D eigenvalue weighted by Crippen LogP contribution is -2.01. The number of rotatable bonds is 3. The molecule has 10 rings (SSSR count). The van der Waals surface area contributed by atoms with Gasteiger partial charge < -0.3 is 4.42 Å². The molecule has 7 aromatic carbocycles. The first-order valence-electron chi connectivity index (χ1n) is 15.6. The van der Waals surface area contributed by atoms with Gasteiger partial charge in [-0.15, -0.1) is 0 Å². The Labute approximate surface area is 268 Å². The number of furan rings is 1. The van der Waals surface area contributed by atoms with Crippen LogP contribution < -0.4 is 0 Å². The topological polar surface area (TPSA) is 64.7 Å². The Balaban J connectivity index is 1.31. The van der Waals surface area contributed by atoms with Crippen LogP contribution in [0, 0.1) is 0 Å². The van der Waals surface area contributed by atoms with Crippen LogP contribution in [0.3, 0.4) is 0 Å². The molecule has 0 saturated heterocycles. The number of fused-ring (bicyclic) bond motifs is 9. The third kappa shape index (κ3) is 4.03. The second kappa shape index (κ2) is 10.0. The lowest BCUT2D eigenvalue weighted by Gasteiger charge is -2.14. The SMILES string of the molecule is c1ccc2cc(-c3nc(-c4cc5c6ccccc6ccc5c5ccccc45)nc(-c4ccnc5oc6ccccc6c45)n3)ccc2c1. The number of aromatic nitrogens is 4. The van der Waals surface area contributed by atoms with Gasteiger partial charge in [-0.25, -0.2) is 19.9 Å². The summed E-state index contributed by atoms with van der Waals surface area (Å²) >= 11 is 0. The van der Waals surface area contributed by atoms with Crippen LogP contribution in [0.4, 0.5) is 0 Å². The van der Waals surface area contributed by atoms with Crippen LogP contribution >= 0.6 is 0 Å². The van der Waals surface area contributed by atoms with Crippen LogP contribution in [-0.2, 0) is 0 Å². The molecule has 3 aromatic heterocycles. The number of nitrogens with zero attached hydrogens (tertiary/aromatic N) is 4. The molecule has 0 fully saturated rings. The van der Waals surface area contributed by atoms with E-state index in [2.05, 4.69) is 120 Å². The zero-order chi connectivity index (χ0) is 30.9. The molecule has 5 nitrogen and oxygen atoms in total. The van der Waals surface area contributed by atoms with Crippen molar-refractivity contribution in [1.29, 1.82) is 0 Å². The van der Waals surface area contributed by atoms with Gasteiger partial charge in [-0.1, -0.05) is 115 Å². The predicted molar refractivity (Wildman–Crippen MR) is 191 cm³/mol. The first kappa shape index (κ1) is 25.8. The quantitative estimate of drug-likeness (QED) is 0.189. The largest absolute Gasteiger partial charge is 0.438 e. The van der Waals surface area contributed by atoms with Crippen LogP contribution in [0.15, 0.2) is 150 Å². The standard InChI is InChI=1S/C42H24N4O/c1-2-11-27-23-28(18-17-25(27)9-1)39-44-40(34-21-22-43-42-38(34)33-15-7-8-16-37(33)47-42)46-41(45-39)36-24-35-29-12-4-3-10-26(29)19-20-32(35)30-13-5-6-14-31(30)36/h1-24H. The van der Waals surface area contributed by atoms with Gasteiger partial charge in [0.25, 0.3) is 0 Å². The van der Waals surface area contributed by atoms with E-state index in [0.717, 1.165) is 54.6 Å². The Morgan fingerprint density at radius 2 is 1.04 bits per heavy atom. The summed E-state index contributed by atoms with van der Waals surface area (Å²) < 4.78 is 6.16. The van der Waals surface area contributed by atoms with Crippen molar-refractivity contribution in [3.8, 4) is 34.2 Å². The maximum atomic E-state index is 6.16. The minimum absolute atomic E-state index is 0.556. The summed E-state index contributed by atoms with van der Waals surface area (Å²) in [4.78, 5) is 20.2. The Bertz CT molecular complexity index is 2870. The van der Waals surface area contributed by atoms with Gasteiger partial charge in [0.1, 0.15) is 5.58 Å². The molecule has 0 unspecified atom stereocenters. The molecule has 47 heavy (non-hydrogen) atoms. The molecule has 0 spiro atoms. The van der Waals surface area contributed by atoms with Crippen molar-refractivity contribution in [2.24, 2.45) is 0 Å². The molecule has 0 atom stereocenters. The Kier molecular flexibility index (Phi) is 5.51. The molecule has 0 N–H and O–H groups in total. The molecule has 0 aliphatic rings. The second-order valence-electron chi connectivity index (χ2n) is 11.9. The maximum absolute atomic E-state index is 6.16. The lowest BCUT2D eigenvalue weighted by molar-refractivity contribution is 0.654. The number of hydrogen-bond acceptors (Lipinski definition) is 5. The minimum Gasteiger partial charge on any atom is -0.438 e. The van der Waals surface area contributed by atoms with Crippen LogP contribution in [0.1, 0.15) is 0 Å². The number of pyridine rings is 1. The number of para-hydroxylation sites is 1. The van der Waals surface area contributed by atoms with Crippen molar-refractivity contribution in [2.45, 2.75) is 0 Å². The van der Waals surface area contributed by atoms with E-state index in [1.54, 1.807) is 6.20 Å². The summed E-state index contributed by atoms with van der Waals surface area (Å²) in [5.74, 6) is 1.79. The van der Waals surface area contributed by atoms with E-state index in [1.807, 2.05) is 24.3 Å². The van der Waals surface area contributed by atoms with E-state index < -0.39 is 0 Å². The second-order valence-corrected chi connectivity index (χ2v) is 11.9. The molecule has 0 saturated carbocycles. The van der Waals surface area contributed by atoms with Gasteiger partial charge in [0.05, 0.1) is 5.39 Å². The molecule has 0 amide bonds. The van der Waals surface area contributed by atoms with E-state index in [4.69, 9.17) is 19.4 Å². The third-order valence-corrected chi connectivity index (χ3v) is 9.17. The fourth-order valence-electron chi connectivity index (χ4n) is 6.95. The molecule has 10 aromatic rings. The summed E-state index contributed by atoms with van der Waals surface area (Å²) in [5, 5.41) is 11.2. The van der Waals surface area contributed by atoms with E-state index in [9.17, 15) is 0 Å². The normalized spacial score (nSPS) is 11.8. The summed E-state index contributed by atoms with van der Waals surface area (Å²) in [5.41, 5.74) is 4.06. The fourth-order valence-corrected chi connectivity index (χ4v) is 6.95. The molecule has 3 heterocycles. The predicted octanol–water partition coefficient (Wildman–Crippen LogP) is 10.8. The van der Waals surface area contributed by atoms with Gasteiger partial charge in [0.15, 0.2) is 17.5 Å². The number of hydrogen-bond donors (Lipinski definition) is 0. The highest BCUT2D eigenvalue weighted by molar-refractivity contribution is 6.20. The highest BCUT2D eigenvalue weighted by Gasteiger charge is 2.20. The first-order valence-corrected chi connectivity index (χ1v) is 15.6. The van der Waals surface area contributed by atoms with Crippen molar-refractivity contribution in [2.75, 3.05) is 0 Å². The third-order valence-electron chi connectivity index (χ3n) is 9.17. The average Bonchev–Trinajstić information content (AvgIpc) is 3.53. The zero-order valence-corrected chi connectivity index (χ0v) is 25.1.